The van der Waals surface area contributed by atoms with E-state index < -0.39 is 23.2 Å². The Kier molecular flexibility index (Phi) is 3.98. The Morgan fingerprint density at radius 2 is 2.19 bits per heavy atom. The zero-order valence-corrected chi connectivity index (χ0v) is 19.8. The third-order valence-electron chi connectivity index (χ3n) is 9.37. The monoisotopic (exact) mass is 484 g/mol. The summed E-state index contributed by atoms with van der Waals surface area (Å²) in [6.07, 6.45) is 12.3. The number of piperidine rings is 1. The lowest BCUT2D eigenvalue weighted by molar-refractivity contribution is -0.144. The van der Waals surface area contributed by atoms with Crippen LogP contribution in [0.15, 0.2) is 48.9 Å². The number of benzene rings is 1. The fraction of sp³-hybridized carbons (Fsp3) is 0.429. The maximum atomic E-state index is 13.4. The average molecular weight is 485 g/mol. The number of likely N-dealkylation sites (tertiary alicyclic amines) is 1. The summed E-state index contributed by atoms with van der Waals surface area (Å²) < 4.78 is 6.51. The average Bonchev–Trinajstić information content (AvgIpc) is 3.46. The third kappa shape index (κ3) is 2.51. The highest BCUT2D eigenvalue weighted by Gasteiger charge is 2.72. The predicted octanol–water partition coefficient (Wildman–Crippen LogP) is 2.41. The van der Waals surface area contributed by atoms with Crippen LogP contribution in [0.3, 0.4) is 0 Å². The molecule has 1 aromatic carbocycles. The molecule has 2 bridgehead atoms. The van der Waals surface area contributed by atoms with Crippen molar-refractivity contribution in [2.45, 2.75) is 54.9 Å². The van der Waals surface area contributed by atoms with Crippen molar-refractivity contribution < 1.29 is 19.7 Å². The standard InChI is InChI=1S/C28H28N4O4/c33-21-4-3-16-11-22-28(35)7-5-20(31-26(34)18-13-30-19-6-9-29-12-17(18)19)25-27(28,23(16)24(21)36-25)8-10-32(22)14-15-1-2-15/h3-7,9,12-13,15,20,22,25,30,33,35H,1-2,8,10-11,14H2,(H,31,34)/t20-,22-,25+,27+,28-/m1/s1. The van der Waals surface area contributed by atoms with Crippen molar-refractivity contribution in [3.05, 3.63) is 65.6 Å². The Bertz CT molecular complexity index is 1460. The fourth-order valence-corrected chi connectivity index (χ4v) is 7.55. The number of rotatable bonds is 4. The van der Waals surface area contributed by atoms with Crippen LogP contribution in [0.1, 0.15) is 40.7 Å². The van der Waals surface area contributed by atoms with Crippen LogP contribution in [-0.2, 0) is 11.8 Å². The number of nitrogens with zero attached hydrogens (tertiary/aromatic N) is 2. The number of nitrogens with one attached hydrogen (secondary N) is 2. The number of phenols is 1. The van der Waals surface area contributed by atoms with Gasteiger partial charge in [0.1, 0.15) is 11.7 Å². The molecular formula is C28H28N4O4. The molecular weight excluding hydrogens is 456 g/mol. The molecule has 8 heteroatoms. The second-order valence-corrected chi connectivity index (χ2v) is 11.2. The summed E-state index contributed by atoms with van der Waals surface area (Å²) >= 11 is 0. The molecule has 3 aliphatic carbocycles. The molecule has 1 saturated carbocycles. The van der Waals surface area contributed by atoms with E-state index in [-0.39, 0.29) is 17.7 Å². The lowest BCUT2D eigenvalue weighted by Crippen LogP contribution is -2.76. The first-order chi connectivity index (χ1) is 17.5. The lowest BCUT2D eigenvalue weighted by atomic mass is 9.50. The Labute approximate surface area is 208 Å². The third-order valence-corrected chi connectivity index (χ3v) is 9.37. The molecule has 1 spiro atoms. The van der Waals surface area contributed by atoms with Crippen LogP contribution in [0.5, 0.6) is 11.5 Å². The maximum absolute atomic E-state index is 13.4. The normalized spacial score (nSPS) is 33.9. The Morgan fingerprint density at radius 3 is 3.06 bits per heavy atom. The van der Waals surface area contributed by atoms with Crippen molar-refractivity contribution in [1.29, 1.82) is 0 Å². The molecule has 4 heterocycles. The van der Waals surface area contributed by atoms with Crippen LogP contribution in [0.25, 0.3) is 10.9 Å². The van der Waals surface area contributed by atoms with Gasteiger partial charge < -0.3 is 25.3 Å². The summed E-state index contributed by atoms with van der Waals surface area (Å²) in [7, 11) is 0. The number of carbonyl (C=O) groups excluding carboxylic acids is 1. The van der Waals surface area contributed by atoms with E-state index in [4.69, 9.17) is 4.74 Å². The van der Waals surface area contributed by atoms with Gasteiger partial charge in [0, 0.05) is 47.6 Å². The quantitative estimate of drug-likeness (QED) is 0.424. The Morgan fingerprint density at radius 1 is 1.31 bits per heavy atom. The number of pyridine rings is 1. The first-order valence-corrected chi connectivity index (χ1v) is 12.9. The van der Waals surface area contributed by atoms with Crippen molar-refractivity contribution in [2.24, 2.45) is 5.92 Å². The van der Waals surface area contributed by atoms with Gasteiger partial charge in [-0.05, 0) is 55.8 Å². The van der Waals surface area contributed by atoms with E-state index in [1.165, 1.54) is 12.8 Å². The number of aromatic hydroxyl groups is 1. The van der Waals surface area contributed by atoms with Crippen molar-refractivity contribution in [1.82, 2.24) is 20.2 Å². The number of hydrogen-bond donors (Lipinski definition) is 4. The fourth-order valence-electron chi connectivity index (χ4n) is 7.55. The van der Waals surface area contributed by atoms with Crippen LogP contribution in [0.2, 0.25) is 0 Å². The van der Waals surface area contributed by atoms with E-state index in [0.717, 1.165) is 41.0 Å². The second-order valence-electron chi connectivity index (χ2n) is 11.2. The van der Waals surface area contributed by atoms with Gasteiger partial charge in [0.15, 0.2) is 11.5 Å². The second kappa shape index (κ2) is 6.89. The molecule has 3 aromatic rings. The summed E-state index contributed by atoms with van der Waals surface area (Å²) in [5.41, 5.74) is 1.56. The smallest absolute Gasteiger partial charge is 0.254 e. The molecule has 2 fully saturated rings. The minimum atomic E-state index is -1.14. The number of carbonyl (C=O) groups is 1. The van der Waals surface area contributed by atoms with Gasteiger partial charge >= 0.3 is 0 Å². The van der Waals surface area contributed by atoms with E-state index in [1.807, 2.05) is 24.3 Å². The summed E-state index contributed by atoms with van der Waals surface area (Å²) in [6.45, 7) is 1.87. The molecule has 0 radical (unpaired) electrons. The highest BCUT2D eigenvalue weighted by molar-refractivity contribution is 6.06. The summed E-state index contributed by atoms with van der Waals surface area (Å²) in [5.74, 6) is 1.05. The minimum absolute atomic E-state index is 0.0615. The zero-order valence-electron chi connectivity index (χ0n) is 19.8. The van der Waals surface area contributed by atoms with Gasteiger partial charge in [-0.3, -0.25) is 14.7 Å². The SMILES string of the molecule is O=C(N[C@@H]1C=C[C@@]2(O)[C@H]3Cc4ccc(O)c5c4[C@@]2(CCN3CC2CC2)[C@H]1O5)c1c[nH]c2ccncc12. The molecule has 36 heavy (non-hydrogen) atoms. The molecule has 8 nitrogen and oxygen atoms in total. The number of ether oxygens (including phenoxy) is 1. The molecule has 5 aliphatic rings. The van der Waals surface area contributed by atoms with E-state index in [0.29, 0.717) is 24.2 Å². The number of aromatic nitrogens is 2. The highest BCUT2D eigenvalue weighted by Crippen LogP contribution is 2.64. The van der Waals surface area contributed by atoms with E-state index in [2.05, 4.69) is 20.2 Å². The van der Waals surface area contributed by atoms with E-state index in [1.54, 1.807) is 24.7 Å². The van der Waals surface area contributed by atoms with Crippen LogP contribution in [0, 0.1) is 5.92 Å². The van der Waals surface area contributed by atoms with Gasteiger partial charge in [0.2, 0.25) is 0 Å². The van der Waals surface area contributed by atoms with Gasteiger partial charge in [-0.25, -0.2) is 0 Å². The molecule has 1 amide bonds. The van der Waals surface area contributed by atoms with Crippen LogP contribution in [0.4, 0.5) is 0 Å². The lowest BCUT2D eigenvalue weighted by Gasteiger charge is -2.62. The molecule has 184 valence electrons. The Hall–Kier alpha value is -3.36. The van der Waals surface area contributed by atoms with E-state index >= 15 is 0 Å². The van der Waals surface area contributed by atoms with Gasteiger partial charge in [-0.2, -0.15) is 0 Å². The topological polar surface area (TPSA) is 111 Å². The summed E-state index contributed by atoms with van der Waals surface area (Å²) in [5, 5.41) is 27.2. The molecule has 2 aromatic heterocycles. The number of H-pyrrole nitrogens is 1. The number of amides is 1. The van der Waals surface area contributed by atoms with Crippen molar-refractivity contribution >= 4 is 16.8 Å². The summed E-state index contributed by atoms with van der Waals surface area (Å²) in [6, 6.07) is 5.00. The largest absolute Gasteiger partial charge is 0.504 e. The van der Waals surface area contributed by atoms with Crippen LogP contribution in [-0.4, -0.2) is 67.9 Å². The van der Waals surface area contributed by atoms with Gasteiger partial charge in [0.05, 0.1) is 17.0 Å². The molecule has 1 saturated heterocycles. The number of phenolic OH excluding ortho intramolecular Hbond substituents is 1. The maximum Gasteiger partial charge on any atom is 0.254 e. The van der Waals surface area contributed by atoms with Crippen molar-refractivity contribution in [3.63, 3.8) is 0 Å². The van der Waals surface area contributed by atoms with Crippen molar-refractivity contribution in [2.75, 3.05) is 13.1 Å². The number of aromatic amines is 1. The number of fused-ring (bicyclic) bond motifs is 1. The zero-order chi connectivity index (χ0) is 24.2. The number of hydrogen-bond acceptors (Lipinski definition) is 6. The van der Waals surface area contributed by atoms with Crippen LogP contribution < -0.4 is 10.1 Å². The first kappa shape index (κ1) is 20.8. The van der Waals surface area contributed by atoms with Gasteiger partial charge in [-0.15, -0.1) is 0 Å². The minimum Gasteiger partial charge on any atom is -0.504 e. The molecule has 4 N–H and O–H groups in total. The van der Waals surface area contributed by atoms with Gasteiger partial charge in [0.25, 0.3) is 5.91 Å². The number of aliphatic hydroxyl groups is 1. The first-order valence-electron chi connectivity index (χ1n) is 12.9. The van der Waals surface area contributed by atoms with E-state index in [9.17, 15) is 15.0 Å². The molecule has 5 atom stereocenters. The van der Waals surface area contributed by atoms with Gasteiger partial charge in [-0.1, -0.05) is 18.2 Å². The highest BCUT2D eigenvalue weighted by atomic mass is 16.5. The predicted molar refractivity (Wildman–Crippen MR) is 132 cm³/mol. The molecule has 8 rings (SSSR count). The molecule has 0 unspecified atom stereocenters. The van der Waals surface area contributed by atoms with Crippen molar-refractivity contribution in [3.8, 4) is 11.5 Å². The Balaban J connectivity index is 1.22. The molecule has 2 aliphatic heterocycles. The van der Waals surface area contributed by atoms with Crippen LogP contribution >= 0.6 is 0 Å². The summed E-state index contributed by atoms with van der Waals surface area (Å²) in [4.78, 5) is 23.2.